The summed E-state index contributed by atoms with van der Waals surface area (Å²) in [7, 11) is 1.25. The zero-order valence-corrected chi connectivity index (χ0v) is 12.1. The maximum atomic E-state index is 13.8. The maximum absolute atomic E-state index is 13.8. The molecule has 1 N–H and O–H groups in total. The van der Waals surface area contributed by atoms with Gasteiger partial charge in [-0.3, -0.25) is 0 Å². The minimum absolute atomic E-state index is 0.0118. The van der Waals surface area contributed by atoms with Crippen LogP contribution < -0.4 is 5.32 Å². The monoisotopic (exact) mass is 279 g/mol. The van der Waals surface area contributed by atoms with E-state index in [-0.39, 0.29) is 5.56 Å². The predicted molar refractivity (Wildman–Crippen MR) is 76.0 cm³/mol. The van der Waals surface area contributed by atoms with Gasteiger partial charge < -0.3 is 10.1 Å². The fraction of sp³-hybridized carbons (Fsp3) is 0.562. The number of nitrogens with one attached hydrogen (secondary N) is 1. The number of benzene rings is 1. The second kappa shape index (κ2) is 6.84. The molecule has 2 atom stereocenters. The van der Waals surface area contributed by atoms with E-state index in [9.17, 15) is 9.18 Å². The van der Waals surface area contributed by atoms with Gasteiger partial charge in [0.2, 0.25) is 0 Å². The Kier molecular flexibility index (Phi) is 5.12. The number of rotatable bonds is 4. The van der Waals surface area contributed by atoms with E-state index in [1.165, 1.54) is 44.9 Å². The Hall–Kier alpha value is -1.42. The lowest BCUT2D eigenvalue weighted by Crippen LogP contribution is -2.36. The quantitative estimate of drug-likeness (QED) is 0.860. The van der Waals surface area contributed by atoms with Crippen molar-refractivity contribution < 1.29 is 13.9 Å². The molecule has 0 aromatic heterocycles. The van der Waals surface area contributed by atoms with Crippen molar-refractivity contribution in [2.45, 2.75) is 45.2 Å². The van der Waals surface area contributed by atoms with Gasteiger partial charge in [-0.25, -0.2) is 9.18 Å². The number of carbonyl (C=O) groups is 1. The van der Waals surface area contributed by atoms with Crippen LogP contribution in [0.1, 0.15) is 48.5 Å². The largest absolute Gasteiger partial charge is 0.465 e. The third kappa shape index (κ3) is 3.57. The van der Waals surface area contributed by atoms with Crippen LogP contribution >= 0.6 is 0 Å². The maximum Gasteiger partial charge on any atom is 0.340 e. The van der Waals surface area contributed by atoms with Gasteiger partial charge in [0, 0.05) is 12.6 Å². The summed E-state index contributed by atoms with van der Waals surface area (Å²) in [6, 6.07) is 5.18. The number of carbonyl (C=O) groups excluding carboxylic acids is 1. The lowest BCUT2D eigenvalue weighted by atomic mass is 9.86. The van der Waals surface area contributed by atoms with Crippen molar-refractivity contribution in [2.24, 2.45) is 5.92 Å². The molecule has 1 saturated carbocycles. The molecule has 2 rings (SSSR count). The van der Waals surface area contributed by atoms with E-state index in [1.54, 1.807) is 6.07 Å². The summed E-state index contributed by atoms with van der Waals surface area (Å²) < 4.78 is 18.3. The molecule has 4 heteroatoms. The molecule has 3 nitrogen and oxygen atoms in total. The highest BCUT2D eigenvalue weighted by molar-refractivity contribution is 5.89. The first kappa shape index (κ1) is 15.0. The first-order valence-electron chi connectivity index (χ1n) is 7.22. The lowest BCUT2D eigenvalue weighted by molar-refractivity contribution is 0.0595. The smallest absolute Gasteiger partial charge is 0.340 e. The molecule has 110 valence electrons. The van der Waals surface area contributed by atoms with Crippen molar-refractivity contribution in [1.29, 1.82) is 0 Å². The zero-order valence-electron chi connectivity index (χ0n) is 12.1. The minimum Gasteiger partial charge on any atom is -0.465 e. The summed E-state index contributed by atoms with van der Waals surface area (Å²) in [5.74, 6) is -0.487. The van der Waals surface area contributed by atoms with Crippen LogP contribution in [-0.4, -0.2) is 19.1 Å². The summed E-state index contributed by atoms with van der Waals surface area (Å²) in [6.07, 6.45) is 5.01. The molecular formula is C16H22FNO2. The van der Waals surface area contributed by atoms with Crippen LogP contribution in [0.5, 0.6) is 0 Å². The van der Waals surface area contributed by atoms with Gasteiger partial charge in [0.05, 0.1) is 12.7 Å². The van der Waals surface area contributed by atoms with Crippen LogP contribution in [0.2, 0.25) is 0 Å². The van der Waals surface area contributed by atoms with E-state index < -0.39 is 11.8 Å². The first-order chi connectivity index (χ1) is 9.61. The van der Waals surface area contributed by atoms with Crippen LogP contribution in [-0.2, 0) is 11.3 Å². The molecule has 20 heavy (non-hydrogen) atoms. The molecule has 1 fully saturated rings. The number of hydrogen-bond acceptors (Lipinski definition) is 3. The zero-order chi connectivity index (χ0) is 14.5. The minimum atomic E-state index is -0.636. The Labute approximate surface area is 119 Å². The van der Waals surface area contributed by atoms with Crippen LogP contribution in [0.15, 0.2) is 18.2 Å². The van der Waals surface area contributed by atoms with E-state index in [0.717, 1.165) is 5.56 Å². The third-order valence-corrected chi connectivity index (χ3v) is 4.12. The van der Waals surface area contributed by atoms with Crippen molar-refractivity contribution >= 4 is 5.97 Å². The molecule has 0 bridgehead atoms. The number of methoxy groups -OCH3 is 1. The van der Waals surface area contributed by atoms with Gasteiger partial charge in [-0.15, -0.1) is 0 Å². The summed E-state index contributed by atoms with van der Waals surface area (Å²) in [5.41, 5.74) is 0.843. The fourth-order valence-corrected chi connectivity index (χ4v) is 2.81. The van der Waals surface area contributed by atoms with Gasteiger partial charge >= 0.3 is 5.97 Å². The summed E-state index contributed by atoms with van der Waals surface area (Å²) in [4.78, 5) is 11.3. The molecule has 1 aromatic carbocycles. The second-order valence-corrected chi connectivity index (χ2v) is 5.55. The molecular weight excluding hydrogens is 257 g/mol. The van der Waals surface area contributed by atoms with Gasteiger partial charge in [0.25, 0.3) is 0 Å². The Morgan fingerprint density at radius 3 is 2.80 bits per heavy atom. The summed E-state index contributed by atoms with van der Waals surface area (Å²) in [5, 5.41) is 3.49. The standard InChI is InChI=1S/C16H22FNO2/c1-11-5-3-4-6-15(11)18-10-12-7-8-13(14(17)9-12)16(19)20-2/h7-9,11,15,18H,3-6,10H2,1-2H3. The SMILES string of the molecule is COC(=O)c1ccc(CNC2CCCCC2C)cc1F. The van der Waals surface area contributed by atoms with E-state index in [4.69, 9.17) is 0 Å². The average Bonchev–Trinajstić information content (AvgIpc) is 2.46. The van der Waals surface area contributed by atoms with Crippen LogP contribution in [0.25, 0.3) is 0 Å². The second-order valence-electron chi connectivity index (χ2n) is 5.55. The van der Waals surface area contributed by atoms with Gasteiger partial charge in [-0.05, 0) is 36.5 Å². The van der Waals surface area contributed by atoms with E-state index in [0.29, 0.717) is 18.5 Å². The van der Waals surface area contributed by atoms with Gasteiger partial charge in [-0.2, -0.15) is 0 Å². The number of halogens is 1. The number of ether oxygens (including phenoxy) is 1. The van der Waals surface area contributed by atoms with Crippen molar-refractivity contribution in [2.75, 3.05) is 7.11 Å². The highest BCUT2D eigenvalue weighted by Gasteiger charge is 2.20. The van der Waals surface area contributed by atoms with E-state index in [2.05, 4.69) is 17.0 Å². The summed E-state index contributed by atoms with van der Waals surface area (Å²) in [6.45, 7) is 2.89. The van der Waals surface area contributed by atoms with Crippen molar-refractivity contribution in [3.8, 4) is 0 Å². The lowest BCUT2D eigenvalue weighted by Gasteiger charge is -2.29. The third-order valence-electron chi connectivity index (χ3n) is 4.12. The average molecular weight is 279 g/mol. The van der Waals surface area contributed by atoms with Crippen LogP contribution in [0.4, 0.5) is 4.39 Å². The van der Waals surface area contributed by atoms with Crippen LogP contribution in [0, 0.1) is 11.7 Å². The van der Waals surface area contributed by atoms with Crippen LogP contribution in [0.3, 0.4) is 0 Å². The predicted octanol–water partition coefficient (Wildman–Crippen LogP) is 3.28. The molecule has 0 radical (unpaired) electrons. The molecule has 2 unspecified atom stereocenters. The van der Waals surface area contributed by atoms with Gasteiger partial charge in [-0.1, -0.05) is 25.8 Å². The Balaban J connectivity index is 1.96. The Bertz CT molecular complexity index is 476. The van der Waals surface area contributed by atoms with E-state index >= 15 is 0 Å². The summed E-state index contributed by atoms with van der Waals surface area (Å²) >= 11 is 0. The molecule has 1 aliphatic rings. The van der Waals surface area contributed by atoms with Crippen molar-refractivity contribution in [3.05, 3.63) is 35.1 Å². The molecule has 1 aromatic rings. The fourth-order valence-electron chi connectivity index (χ4n) is 2.81. The molecule has 0 aliphatic heterocycles. The highest BCUT2D eigenvalue weighted by Crippen LogP contribution is 2.24. The molecule has 0 saturated heterocycles. The number of esters is 1. The van der Waals surface area contributed by atoms with Gasteiger partial charge in [0.1, 0.15) is 5.82 Å². The normalized spacial score (nSPS) is 22.6. The van der Waals surface area contributed by atoms with E-state index in [1.807, 2.05) is 0 Å². The van der Waals surface area contributed by atoms with Gasteiger partial charge in [0.15, 0.2) is 0 Å². The molecule has 1 aliphatic carbocycles. The molecule has 0 heterocycles. The first-order valence-corrected chi connectivity index (χ1v) is 7.22. The van der Waals surface area contributed by atoms with Crippen molar-refractivity contribution in [3.63, 3.8) is 0 Å². The molecule has 0 spiro atoms. The number of hydrogen-bond donors (Lipinski definition) is 1. The Morgan fingerprint density at radius 2 is 2.15 bits per heavy atom. The van der Waals surface area contributed by atoms with Crippen molar-refractivity contribution in [1.82, 2.24) is 5.32 Å². The highest BCUT2D eigenvalue weighted by atomic mass is 19.1. The Morgan fingerprint density at radius 1 is 1.40 bits per heavy atom. The molecule has 0 amide bonds. The topological polar surface area (TPSA) is 38.3 Å².